The number of benzene rings is 2. The Morgan fingerprint density at radius 2 is 1.74 bits per heavy atom. The van der Waals surface area contributed by atoms with Crippen molar-refractivity contribution in [1.82, 2.24) is 19.8 Å². The predicted molar refractivity (Wildman–Crippen MR) is 188 cm³/mol. The highest BCUT2D eigenvalue weighted by Crippen LogP contribution is 2.39. The van der Waals surface area contributed by atoms with Crippen molar-refractivity contribution in [2.45, 2.75) is 109 Å². The Morgan fingerprint density at radius 1 is 0.979 bits per heavy atom. The van der Waals surface area contributed by atoms with Gasteiger partial charge in [-0.25, -0.2) is 4.79 Å². The smallest absolute Gasteiger partial charge is 0.410 e. The first-order valence-electron chi connectivity index (χ1n) is 17.9. The molecule has 9 nitrogen and oxygen atoms in total. The number of rotatable bonds is 8. The average Bonchev–Trinajstić information content (AvgIpc) is 3.59. The molecule has 1 amide bonds. The topological polar surface area (TPSA) is 74.3 Å². The van der Waals surface area contributed by atoms with Crippen LogP contribution in [-0.4, -0.2) is 89.4 Å². The van der Waals surface area contributed by atoms with Crippen LogP contribution in [-0.2, 0) is 24.1 Å². The normalized spacial score (nSPS) is 23.0. The minimum Gasteiger partial charge on any atom is -0.462 e. The van der Waals surface area contributed by atoms with Gasteiger partial charge in [-0.2, -0.15) is 9.97 Å². The van der Waals surface area contributed by atoms with Gasteiger partial charge >= 0.3 is 12.1 Å². The summed E-state index contributed by atoms with van der Waals surface area (Å²) < 4.78 is 12.2. The largest absolute Gasteiger partial charge is 0.462 e. The summed E-state index contributed by atoms with van der Waals surface area (Å²) in [6.45, 7) is 12.9. The van der Waals surface area contributed by atoms with Gasteiger partial charge < -0.3 is 24.2 Å². The molecule has 0 aliphatic carbocycles. The third kappa shape index (κ3) is 6.60. The Kier molecular flexibility index (Phi) is 8.94. The lowest BCUT2D eigenvalue weighted by Crippen LogP contribution is -2.57. The maximum atomic E-state index is 13.2. The number of hydrogen-bond acceptors (Lipinski definition) is 8. The van der Waals surface area contributed by atoms with Crippen molar-refractivity contribution in [1.29, 1.82) is 0 Å². The molecule has 1 aromatic heterocycles. The van der Waals surface area contributed by atoms with E-state index in [9.17, 15) is 4.79 Å². The number of hydrogen-bond donors (Lipinski definition) is 0. The van der Waals surface area contributed by atoms with Crippen molar-refractivity contribution in [2.24, 2.45) is 0 Å². The Hall–Kier alpha value is -3.59. The van der Waals surface area contributed by atoms with Crippen molar-refractivity contribution in [2.75, 3.05) is 49.6 Å². The molecular weight excluding hydrogens is 588 g/mol. The fourth-order valence-corrected chi connectivity index (χ4v) is 8.21. The van der Waals surface area contributed by atoms with Crippen LogP contribution in [0, 0.1) is 0 Å². The van der Waals surface area contributed by atoms with E-state index in [0.717, 1.165) is 76.3 Å². The van der Waals surface area contributed by atoms with Crippen LogP contribution >= 0.6 is 0 Å². The summed E-state index contributed by atoms with van der Waals surface area (Å²) in [4.78, 5) is 32.8. The molecule has 252 valence electrons. The maximum Gasteiger partial charge on any atom is 0.410 e. The van der Waals surface area contributed by atoms with E-state index in [4.69, 9.17) is 19.4 Å². The second kappa shape index (κ2) is 13.1. The molecule has 0 N–H and O–H groups in total. The van der Waals surface area contributed by atoms with Gasteiger partial charge in [0.15, 0.2) is 0 Å². The third-order valence-corrected chi connectivity index (χ3v) is 10.6. The van der Waals surface area contributed by atoms with Crippen LogP contribution in [0.3, 0.4) is 0 Å². The molecule has 3 fully saturated rings. The number of aryl methyl sites for hydroxylation is 1. The van der Waals surface area contributed by atoms with Gasteiger partial charge in [-0.1, -0.05) is 43.7 Å². The SMILES string of the molecule is CCCCc1cccc2cccc(N3CCc4c(nc(OC[C@@H]5CCCN5C)nc4N4C[C@H]5CC[C@@H](C4)N5C(=O)OC(C)(C)C)C3)c12. The van der Waals surface area contributed by atoms with E-state index in [1.165, 1.54) is 46.8 Å². The highest BCUT2D eigenvalue weighted by Gasteiger charge is 2.45. The summed E-state index contributed by atoms with van der Waals surface area (Å²) >= 11 is 0. The van der Waals surface area contributed by atoms with Gasteiger partial charge in [-0.3, -0.25) is 4.90 Å². The molecule has 0 spiro atoms. The van der Waals surface area contributed by atoms with E-state index in [2.05, 4.69) is 65.1 Å². The Balaban J connectivity index is 1.20. The molecule has 0 unspecified atom stereocenters. The zero-order valence-electron chi connectivity index (χ0n) is 29.0. The number of anilines is 2. The van der Waals surface area contributed by atoms with Crippen LogP contribution in [0.15, 0.2) is 36.4 Å². The number of likely N-dealkylation sites (N-methyl/N-ethyl adjacent to an activating group) is 1. The predicted octanol–water partition coefficient (Wildman–Crippen LogP) is 6.60. The van der Waals surface area contributed by atoms with Gasteiger partial charge in [-0.15, -0.1) is 0 Å². The minimum absolute atomic E-state index is 0.114. The van der Waals surface area contributed by atoms with E-state index in [-0.39, 0.29) is 18.2 Å². The molecular formula is C38H52N6O3. The average molecular weight is 641 g/mol. The highest BCUT2D eigenvalue weighted by molar-refractivity contribution is 5.97. The summed E-state index contributed by atoms with van der Waals surface area (Å²) in [5.74, 6) is 0.992. The van der Waals surface area contributed by atoms with Gasteiger partial charge in [0.25, 0.3) is 0 Å². The monoisotopic (exact) mass is 640 g/mol. The second-order valence-electron chi connectivity index (χ2n) is 15.1. The van der Waals surface area contributed by atoms with E-state index in [0.29, 0.717) is 18.7 Å². The van der Waals surface area contributed by atoms with Gasteiger partial charge in [0.1, 0.15) is 18.0 Å². The summed E-state index contributed by atoms with van der Waals surface area (Å²) in [6, 6.07) is 14.5. The van der Waals surface area contributed by atoms with Crippen LogP contribution in [0.5, 0.6) is 6.01 Å². The standard InChI is InChI=1S/C38H52N6O3/c1-6-7-11-26-12-8-13-27-14-9-16-33(34(26)27)42-21-19-31-32(24-42)39-36(46-25-30-15-10-20-41(30)5)40-35(31)43-22-28-17-18-29(23-43)44(28)37(45)47-38(2,3)4/h8-9,12-14,16,28-30H,6-7,10-11,15,17-25H2,1-5H3/t28-,29+,30-/m0/s1. The van der Waals surface area contributed by atoms with Crippen molar-refractivity contribution in [3.63, 3.8) is 0 Å². The molecule has 3 aromatic rings. The molecule has 3 saturated heterocycles. The van der Waals surface area contributed by atoms with Crippen LogP contribution in [0.2, 0.25) is 0 Å². The first-order chi connectivity index (χ1) is 22.7. The van der Waals surface area contributed by atoms with Gasteiger partial charge in [0.2, 0.25) is 0 Å². The van der Waals surface area contributed by atoms with Crippen molar-refractivity contribution < 1.29 is 14.3 Å². The van der Waals surface area contributed by atoms with E-state index >= 15 is 0 Å². The zero-order chi connectivity index (χ0) is 32.7. The minimum atomic E-state index is -0.508. The summed E-state index contributed by atoms with van der Waals surface area (Å²) in [5.41, 5.74) is 4.49. The summed E-state index contributed by atoms with van der Waals surface area (Å²) in [7, 11) is 2.18. The molecule has 4 aliphatic heterocycles. The van der Waals surface area contributed by atoms with E-state index in [1.807, 2.05) is 25.7 Å². The second-order valence-corrected chi connectivity index (χ2v) is 15.1. The van der Waals surface area contributed by atoms with Crippen molar-refractivity contribution >= 4 is 28.4 Å². The van der Waals surface area contributed by atoms with E-state index in [1.54, 1.807) is 0 Å². The Labute approximate surface area is 280 Å². The lowest BCUT2D eigenvalue weighted by molar-refractivity contribution is 0.0122. The lowest BCUT2D eigenvalue weighted by atomic mass is 9.96. The molecule has 9 heteroatoms. The first kappa shape index (κ1) is 32.0. The summed E-state index contributed by atoms with van der Waals surface area (Å²) in [5, 5.41) is 2.67. The molecule has 4 aliphatic rings. The highest BCUT2D eigenvalue weighted by atomic mass is 16.6. The zero-order valence-corrected chi connectivity index (χ0v) is 29.0. The number of ether oxygens (including phenoxy) is 2. The molecule has 5 heterocycles. The number of nitrogens with zero attached hydrogens (tertiary/aromatic N) is 6. The number of piperazine rings is 1. The molecule has 0 radical (unpaired) electrons. The number of fused-ring (bicyclic) bond motifs is 4. The molecule has 0 saturated carbocycles. The molecule has 3 atom stereocenters. The fraction of sp³-hybridized carbons (Fsp3) is 0.605. The fourth-order valence-electron chi connectivity index (χ4n) is 8.21. The third-order valence-electron chi connectivity index (χ3n) is 10.6. The number of carbonyl (C=O) groups is 1. The van der Waals surface area contributed by atoms with Crippen LogP contribution in [0.4, 0.5) is 16.3 Å². The Bertz CT molecular complexity index is 1590. The summed E-state index contributed by atoms with van der Waals surface area (Å²) in [6.07, 6.45) is 8.45. The number of carbonyl (C=O) groups excluding carboxylic acids is 1. The van der Waals surface area contributed by atoms with Gasteiger partial charge in [0, 0.05) is 42.3 Å². The molecule has 2 bridgehead atoms. The van der Waals surface area contributed by atoms with Crippen LogP contribution < -0.4 is 14.5 Å². The molecule has 7 rings (SSSR count). The number of likely N-dealkylation sites (tertiary alicyclic amines) is 1. The molecule has 2 aromatic carbocycles. The lowest BCUT2D eigenvalue weighted by Gasteiger charge is -2.43. The van der Waals surface area contributed by atoms with E-state index < -0.39 is 5.60 Å². The van der Waals surface area contributed by atoms with Gasteiger partial charge in [-0.05, 0) is 96.3 Å². The number of unbranched alkanes of at least 4 members (excludes halogenated alkanes) is 1. The van der Waals surface area contributed by atoms with Crippen molar-refractivity contribution in [3.8, 4) is 6.01 Å². The number of aromatic nitrogens is 2. The van der Waals surface area contributed by atoms with Crippen LogP contribution in [0.25, 0.3) is 10.8 Å². The number of amides is 1. The van der Waals surface area contributed by atoms with Gasteiger partial charge in [0.05, 0.1) is 24.3 Å². The van der Waals surface area contributed by atoms with Crippen molar-refractivity contribution in [3.05, 3.63) is 53.2 Å². The maximum absolute atomic E-state index is 13.2. The Morgan fingerprint density at radius 3 is 2.45 bits per heavy atom. The van der Waals surface area contributed by atoms with Crippen LogP contribution in [0.1, 0.15) is 83.0 Å². The quantitative estimate of drug-likeness (QED) is 0.273. The first-order valence-corrected chi connectivity index (χ1v) is 17.9. The molecule has 47 heavy (non-hydrogen) atoms.